The second-order valence-corrected chi connectivity index (χ2v) is 8.35. The van der Waals surface area contributed by atoms with Gasteiger partial charge in [-0.05, 0) is 26.2 Å². The number of halogens is 1. The van der Waals surface area contributed by atoms with Crippen molar-refractivity contribution in [2.24, 2.45) is 4.99 Å². The molecule has 0 amide bonds. The molecular formula is C21H39IN6O. The Hall–Kier alpha value is -0.900. The van der Waals surface area contributed by atoms with Crippen LogP contribution in [-0.4, -0.2) is 52.6 Å². The highest BCUT2D eigenvalue weighted by Crippen LogP contribution is 2.19. The third-order valence-electron chi connectivity index (χ3n) is 5.59. The van der Waals surface area contributed by atoms with E-state index in [9.17, 15) is 0 Å². The van der Waals surface area contributed by atoms with E-state index in [1.807, 2.05) is 0 Å². The number of aryl methyl sites for hydroxylation is 1. The van der Waals surface area contributed by atoms with E-state index in [1.54, 1.807) is 0 Å². The van der Waals surface area contributed by atoms with E-state index >= 15 is 0 Å². The average Bonchev–Trinajstić information content (AvgIpc) is 2.93. The van der Waals surface area contributed by atoms with Crippen LogP contribution in [-0.2, 0) is 17.7 Å². The first kappa shape index (κ1) is 24.4. The molecule has 1 fully saturated rings. The van der Waals surface area contributed by atoms with E-state index in [0.29, 0.717) is 31.2 Å². The standard InChI is InChI=1S/C21H38N6O.HI/c1-4-22-21(23-13-14-28-18-9-7-5-6-8-10-18)24-17-11-12-19-25-20(16(2)3)26-27(19)15-17;/h16-18H,4-15H2,1-3H3,(H2,22,23,24);1H. The van der Waals surface area contributed by atoms with Gasteiger partial charge in [-0.25, -0.2) is 9.67 Å². The Kier molecular flexibility index (Phi) is 10.7. The molecule has 1 aromatic heterocycles. The maximum Gasteiger partial charge on any atom is 0.191 e. The molecule has 7 nitrogen and oxygen atoms in total. The summed E-state index contributed by atoms with van der Waals surface area (Å²) in [5.74, 6) is 3.31. The molecule has 1 unspecified atom stereocenters. The number of hydrogen-bond acceptors (Lipinski definition) is 4. The number of fused-ring (bicyclic) bond motifs is 1. The molecule has 0 bridgehead atoms. The molecule has 2 aliphatic rings. The molecule has 1 atom stereocenters. The van der Waals surface area contributed by atoms with Gasteiger partial charge in [0.25, 0.3) is 0 Å². The number of aromatic nitrogens is 3. The minimum atomic E-state index is 0. The first-order chi connectivity index (χ1) is 13.7. The summed E-state index contributed by atoms with van der Waals surface area (Å²) in [6.07, 6.45) is 10.2. The Morgan fingerprint density at radius 3 is 2.66 bits per heavy atom. The molecule has 0 spiro atoms. The van der Waals surface area contributed by atoms with Crippen molar-refractivity contribution in [3.8, 4) is 0 Å². The lowest BCUT2D eigenvalue weighted by Gasteiger charge is -2.25. The van der Waals surface area contributed by atoms with Crippen molar-refractivity contribution in [2.75, 3.05) is 19.7 Å². The smallest absolute Gasteiger partial charge is 0.191 e. The van der Waals surface area contributed by atoms with E-state index in [4.69, 9.17) is 9.73 Å². The van der Waals surface area contributed by atoms with Gasteiger partial charge < -0.3 is 15.4 Å². The van der Waals surface area contributed by atoms with Gasteiger partial charge in [-0.1, -0.05) is 39.5 Å². The lowest BCUT2D eigenvalue weighted by molar-refractivity contribution is 0.0487. The van der Waals surface area contributed by atoms with Crippen molar-refractivity contribution in [1.82, 2.24) is 25.4 Å². The topological polar surface area (TPSA) is 76.4 Å². The van der Waals surface area contributed by atoms with Crippen LogP contribution in [0.15, 0.2) is 4.99 Å². The molecule has 3 rings (SSSR count). The fourth-order valence-corrected chi connectivity index (χ4v) is 3.99. The van der Waals surface area contributed by atoms with Crippen LogP contribution in [0, 0.1) is 0 Å². The van der Waals surface area contributed by atoms with Gasteiger partial charge in [-0.3, -0.25) is 4.99 Å². The zero-order chi connectivity index (χ0) is 19.8. The lowest BCUT2D eigenvalue weighted by Crippen LogP contribution is -2.47. The van der Waals surface area contributed by atoms with Gasteiger partial charge in [0.1, 0.15) is 5.82 Å². The molecular weight excluding hydrogens is 479 g/mol. The van der Waals surface area contributed by atoms with Crippen LogP contribution in [0.5, 0.6) is 0 Å². The maximum absolute atomic E-state index is 6.07. The fourth-order valence-electron chi connectivity index (χ4n) is 3.99. The summed E-state index contributed by atoms with van der Waals surface area (Å²) in [6.45, 7) is 9.49. The van der Waals surface area contributed by atoms with Crippen LogP contribution in [0.1, 0.15) is 83.3 Å². The zero-order valence-electron chi connectivity index (χ0n) is 18.3. The van der Waals surface area contributed by atoms with E-state index < -0.39 is 0 Å². The molecule has 1 saturated carbocycles. The van der Waals surface area contributed by atoms with Gasteiger partial charge in [0.2, 0.25) is 0 Å². The number of hydrogen-bond donors (Lipinski definition) is 2. The molecule has 29 heavy (non-hydrogen) atoms. The normalized spacial score (nSPS) is 20.7. The number of aliphatic imine (C=N–C) groups is 1. The summed E-state index contributed by atoms with van der Waals surface area (Å²) in [6, 6.07) is 0.329. The number of nitrogens with zero attached hydrogens (tertiary/aromatic N) is 4. The third-order valence-corrected chi connectivity index (χ3v) is 5.59. The maximum atomic E-state index is 6.07. The monoisotopic (exact) mass is 518 g/mol. The molecule has 1 aliphatic heterocycles. The quantitative estimate of drug-likeness (QED) is 0.190. The summed E-state index contributed by atoms with van der Waals surface area (Å²) in [4.78, 5) is 9.40. The predicted molar refractivity (Wildman–Crippen MR) is 128 cm³/mol. The predicted octanol–water partition coefficient (Wildman–Crippen LogP) is 3.63. The summed E-state index contributed by atoms with van der Waals surface area (Å²) in [5, 5.41) is 11.6. The lowest BCUT2D eigenvalue weighted by atomic mass is 10.1. The van der Waals surface area contributed by atoms with Gasteiger partial charge >= 0.3 is 0 Å². The van der Waals surface area contributed by atoms with E-state index in [1.165, 1.54) is 38.5 Å². The van der Waals surface area contributed by atoms with Crippen molar-refractivity contribution in [2.45, 2.75) is 96.7 Å². The molecule has 0 radical (unpaired) electrons. The minimum Gasteiger partial charge on any atom is -0.376 e. The van der Waals surface area contributed by atoms with Crippen molar-refractivity contribution < 1.29 is 4.74 Å². The first-order valence-corrected chi connectivity index (χ1v) is 11.3. The largest absolute Gasteiger partial charge is 0.376 e. The van der Waals surface area contributed by atoms with E-state index in [0.717, 1.165) is 43.5 Å². The molecule has 2 heterocycles. The second kappa shape index (κ2) is 12.7. The van der Waals surface area contributed by atoms with E-state index in [2.05, 4.69) is 46.2 Å². The summed E-state index contributed by atoms with van der Waals surface area (Å²) in [5.41, 5.74) is 0. The van der Waals surface area contributed by atoms with Crippen LogP contribution in [0.3, 0.4) is 0 Å². The van der Waals surface area contributed by atoms with Gasteiger partial charge in [-0.2, -0.15) is 5.10 Å². The van der Waals surface area contributed by atoms with Crippen LogP contribution in [0.4, 0.5) is 0 Å². The van der Waals surface area contributed by atoms with Gasteiger partial charge in [0.05, 0.1) is 25.8 Å². The molecule has 0 aromatic carbocycles. The van der Waals surface area contributed by atoms with Gasteiger partial charge in [-0.15, -0.1) is 24.0 Å². The number of rotatable bonds is 7. The molecule has 166 valence electrons. The molecule has 1 aliphatic carbocycles. The number of guanidine groups is 1. The highest BCUT2D eigenvalue weighted by Gasteiger charge is 2.23. The van der Waals surface area contributed by atoms with Crippen LogP contribution in [0.25, 0.3) is 0 Å². The Morgan fingerprint density at radius 2 is 1.97 bits per heavy atom. The first-order valence-electron chi connectivity index (χ1n) is 11.3. The number of nitrogens with one attached hydrogen (secondary N) is 2. The average molecular weight is 518 g/mol. The van der Waals surface area contributed by atoms with Crippen LogP contribution >= 0.6 is 24.0 Å². The summed E-state index contributed by atoms with van der Waals surface area (Å²) < 4.78 is 8.13. The molecule has 0 saturated heterocycles. The van der Waals surface area contributed by atoms with Crippen molar-refractivity contribution in [3.63, 3.8) is 0 Å². The Balaban J connectivity index is 0.00000300. The van der Waals surface area contributed by atoms with Gasteiger partial charge in [0.15, 0.2) is 11.8 Å². The highest BCUT2D eigenvalue weighted by atomic mass is 127. The molecule has 2 N–H and O–H groups in total. The van der Waals surface area contributed by atoms with Crippen LogP contribution < -0.4 is 10.6 Å². The van der Waals surface area contributed by atoms with Crippen molar-refractivity contribution in [1.29, 1.82) is 0 Å². The minimum absolute atomic E-state index is 0. The molecule has 1 aromatic rings. The second-order valence-electron chi connectivity index (χ2n) is 8.35. The number of ether oxygens (including phenoxy) is 1. The Labute approximate surface area is 192 Å². The van der Waals surface area contributed by atoms with Crippen molar-refractivity contribution >= 4 is 29.9 Å². The van der Waals surface area contributed by atoms with Gasteiger partial charge in [0, 0.05) is 24.9 Å². The third kappa shape index (κ3) is 7.70. The summed E-state index contributed by atoms with van der Waals surface area (Å²) >= 11 is 0. The highest BCUT2D eigenvalue weighted by molar-refractivity contribution is 14.0. The SMILES string of the molecule is CCNC(=NCCOC1CCCCCC1)NC1CCc2nc(C(C)C)nn2C1.I. The van der Waals surface area contributed by atoms with Crippen LogP contribution in [0.2, 0.25) is 0 Å². The van der Waals surface area contributed by atoms with Crippen molar-refractivity contribution in [3.05, 3.63) is 11.6 Å². The van der Waals surface area contributed by atoms with E-state index in [-0.39, 0.29) is 24.0 Å². The summed E-state index contributed by atoms with van der Waals surface area (Å²) in [7, 11) is 0. The molecule has 8 heteroatoms. The fraction of sp³-hybridized carbons (Fsp3) is 0.857. The Bertz CT molecular complexity index is 625. The zero-order valence-corrected chi connectivity index (χ0v) is 20.7. The Morgan fingerprint density at radius 1 is 1.21 bits per heavy atom.